The van der Waals surface area contributed by atoms with Crippen LogP contribution < -0.4 is 10.0 Å². The molecule has 0 aliphatic heterocycles. The van der Waals surface area contributed by atoms with Gasteiger partial charge in [0.2, 0.25) is 10.0 Å². The highest BCUT2D eigenvalue weighted by molar-refractivity contribution is 7.88. The Kier molecular flexibility index (Phi) is 6.35. The first-order valence-electron chi connectivity index (χ1n) is 5.04. The van der Waals surface area contributed by atoms with Crippen molar-refractivity contribution in [2.24, 2.45) is 0 Å². The van der Waals surface area contributed by atoms with Crippen molar-refractivity contribution in [1.29, 1.82) is 0 Å². The van der Waals surface area contributed by atoms with Crippen LogP contribution in [-0.4, -0.2) is 46.5 Å². The van der Waals surface area contributed by atoms with E-state index in [0.29, 0.717) is 19.8 Å². The molecule has 92 valence electrons. The average Bonchev–Trinajstić information content (AvgIpc) is 1.99. The maximum atomic E-state index is 11.0. The third kappa shape index (κ3) is 10.1. The average molecular weight is 238 g/mol. The fourth-order valence-corrected chi connectivity index (χ4v) is 2.30. The highest BCUT2D eigenvalue weighted by Crippen LogP contribution is 2.01. The second-order valence-electron chi connectivity index (χ2n) is 4.13. The van der Waals surface area contributed by atoms with Gasteiger partial charge in [-0.05, 0) is 20.8 Å². The summed E-state index contributed by atoms with van der Waals surface area (Å²) in [7, 11) is -3.15. The van der Waals surface area contributed by atoms with Crippen molar-refractivity contribution in [3.05, 3.63) is 0 Å². The zero-order valence-corrected chi connectivity index (χ0v) is 10.8. The van der Waals surface area contributed by atoms with E-state index < -0.39 is 15.6 Å². The SMILES string of the molecule is CCOCCNCC(C)(C)NS(C)(=O)=O. The summed E-state index contributed by atoms with van der Waals surface area (Å²) in [4.78, 5) is 0. The summed E-state index contributed by atoms with van der Waals surface area (Å²) in [5, 5.41) is 3.13. The molecule has 2 N–H and O–H groups in total. The van der Waals surface area contributed by atoms with Gasteiger partial charge in [-0.3, -0.25) is 0 Å². The van der Waals surface area contributed by atoms with E-state index in [9.17, 15) is 8.42 Å². The molecular formula is C9H22N2O3S. The number of ether oxygens (including phenoxy) is 1. The molecule has 0 saturated heterocycles. The summed E-state index contributed by atoms with van der Waals surface area (Å²) in [5.74, 6) is 0. The smallest absolute Gasteiger partial charge is 0.209 e. The number of nitrogens with one attached hydrogen (secondary N) is 2. The van der Waals surface area contributed by atoms with E-state index in [-0.39, 0.29) is 0 Å². The molecule has 0 atom stereocenters. The molecule has 0 unspecified atom stereocenters. The molecule has 0 bridgehead atoms. The van der Waals surface area contributed by atoms with Gasteiger partial charge in [0.1, 0.15) is 0 Å². The molecule has 0 fully saturated rings. The summed E-state index contributed by atoms with van der Waals surface area (Å²) in [6.07, 6.45) is 1.16. The molecule has 0 saturated carbocycles. The second-order valence-corrected chi connectivity index (χ2v) is 5.88. The number of sulfonamides is 1. The Labute approximate surface area is 92.6 Å². The summed E-state index contributed by atoms with van der Waals surface area (Å²) >= 11 is 0. The van der Waals surface area contributed by atoms with Gasteiger partial charge < -0.3 is 10.1 Å². The Hall–Kier alpha value is -0.170. The Morgan fingerprint density at radius 2 is 1.93 bits per heavy atom. The predicted molar refractivity (Wildman–Crippen MR) is 61.4 cm³/mol. The van der Waals surface area contributed by atoms with Crippen LogP contribution in [0.4, 0.5) is 0 Å². The van der Waals surface area contributed by atoms with Crippen LogP contribution in [0.3, 0.4) is 0 Å². The van der Waals surface area contributed by atoms with Crippen LogP contribution in [0.2, 0.25) is 0 Å². The van der Waals surface area contributed by atoms with E-state index in [1.165, 1.54) is 0 Å². The fraction of sp³-hybridized carbons (Fsp3) is 1.00. The molecule has 0 aromatic heterocycles. The summed E-state index contributed by atoms with van der Waals surface area (Å²) in [6.45, 7) is 8.26. The molecule has 0 amide bonds. The molecular weight excluding hydrogens is 216 g/mol. The second kappa shape index (κ2) is 6.42. The van der Waals surface area contributed by atoms with Gasteiger partial charge in [-0.1, -0.05) is 0 Å². The first-order chi connectivity index (χ1) is 6.77. The number of rotatable bonds is 8. The van der Waals surface area contributed by atoms with Crippen LogP contribution in [0.5, 0.6) is 0 Å². The van der Waals surface area contributed by atoms with Crippen LogP contribution >= 0.6 is 0 Å². The molecule has 0 aromatic rings. The largest absolute Gasteiger partial charge is 0.380 e. The van der Waals surface area contributed by atoms with Gasteiger partial charge in [-0.2, -0.15) is 0 Å². The molecule has 0 aliphatic carbocycles. The number of hydrogen-bond donors (Lipinski definition) is 2. The standard InChI is InChI=1S/C9H22N2O3S/c1-5-14-7-6-10-8-9(2,3)11-15(4,12)13/h10-11H,5-8H2,1-4H3. The molecule has 0 rings (SSSR count). The zero-order valence-electron chi connectivity index (χ0n) is 9.96. The van der Waals surface area contributed by atoms with Crippen molar-refractivity contribution in [2.75, 3.05) is 32.6 Å². The summed E-state index contributed by atoms with van der Waals surface area (Å²) in [5.41, 5.74) is -0.472. The molecule has 5 nitrogen and oxygen atoms in total. The Morgan fingerprint density at radius 3 is 2.40 bits per heavy atom. The Balaban J connectivity index is 3.75. The molecule has 15 heavy (non-hydrogen) atoms. The Morgan fingerprint density at radius 1 is 1.33 bits per heavy atom. The minimum atomic E-state index is -3.15. The third-order valence-electron chi connectivity index (χ3n) is 1.66. The van der Waals surface area contributed by atoms with Gasteiger partial charge in [0, 0.05) is 25.2 Å². The monoisotopic (exact) mass is 238 g/mol. The Bertz CT molecular complexity index is 263. The molecule has 0 aliphatic rings. The fourth-order valence-electron chi connectivity index (χ4n) is 1.23. The van der Waals surface area contributed by atoms with Crippen molar-refractivity contribution in [1.82, 2.24) is 10.0 Å². The van der Waals surface area contributed by atoms with E-state index in [1.807, 2.05) is 20.8 Å². The molecule has 6 heteroatoms. The normalized spacial score (nSPS) is 13.1. The molecule has 0 radical (unpaired) electrons. The first kappa shape index (κ1) is 14.8. The van der Waals surface area contributed by atoms with Gasteiger partial charge in [0.05, 0.1) is 12.9 Å². The van der Waals surface area contributed by atoms with Crippen molar-refractivity contribution < 1.29 is 13.2 Å². The van der Waals surface area contributed by atoms with Crippen molar-refractivity contribution >= 4 is 10.0 Å². The minimum Gasteiger partial charge on any atom is -0.380 e. The zero-order chi connectivity index (χ0) is 11.9. The van der Waals surface area contributed by atoms with Crippen LogP contribution in [0.15, 0.2) is 0 Å². The van der Waals surface area contributed by atoms with Crippen LogP contribution in [0.25, 0.3) is 0 Å². The van der Waals surface area contributed by atoms with Gasteiger partial charge >= 0.3 is 0 Å². The van der Waals surface area contributed by atoms with Gasteiger partial charge in [-0.25, -0.2) is 13.1 Å². The highest BCUT2D eigenvalue weighted by Gasteiger charge is 2.21. The van der Waals surface area contributed by atoms with Gasteiger partial charge in [0.15, 0.2) is 0 Å². The van der Waals surface area contributed by atoms with Crippen molar-refractivity contribution in [3.8, 4) is 0 Å². The van der Waals surface area contributed by atoms with E-state index in [0.717, 1.165) is 12.8 Å². The van der Waals surface area contributed by atoms with Crippen LogP contribution in [0.1, 0.15) is 20.8 Å². The highest BCUT2D eigenvalue weighted by atomic mass is 32.2. The van der Waals surface area contributed by atoms with Crippen LogP contribution in [0, 0.1) is 0 Å². The number of hydrogen-bond acceptors (Lipinski definition) is 4. The summed E-state index contributed by atoms with van der Waals surface area (Å²) < 4.78 is 29.7. The molecule has 0 heterocycles. The van der Waals surface area contributed by atoms with E-state index in [4.69, 9.17) is 4.74 Å². The lowest BCUT2D eigenvalue weighted by Gasteiger charge is -2.25. The minimum absolute atomic E-state index is 0.472. The lowest BCUT2D eigenvalue weighted by molar-refractivity contribution is 0.148. The topological polar surface area (TPSA) is 67.4 Å². The lowest BCUT2D eigenvalue weighted by atomic mass is 10.1. The van der Waals surface area contributed by atoms with E-state index in [1.54, 1.807) is 0 Å². The lowest BCUT2D eigenvalue weighted by Crippen LogP contribution is -2.50. The summed E-state index contributed by atoms with van der Waals surface area (Å²) in [6, 6.07) is 0. The van der Waals surface area contributed by atoms with Crippen LogP contribution in [-0.2, 0) is 14.8 Å². The van der Waals surface area contributed by atoms with E-state index >= 15 is 0 Å². The maximum absolute atomic E-state index is 11.0. The third-order valence-corrected chi connectivity index (χ3v) is 2.58. The predicted octanol–water partition coefficient (Wildman–Crippen LogP) is -0.0597. The van der Waals surface area contributed by atoms with Crippen molar-refractivity contribution in [2.45, 2.75) is 26.3 Å². The van der Waals surface area contributed by atoms with Gasteiger partial charge in [-0.15, -0.1) is 0 Å². The maximum Gasteiger partial charge on any atom is 0.209 e. The van der Waals surface area contributed by atoms with Gasteiger partial charge in [0.25, 0.3) is 0 Å². The quantitative estimate of drug-likeness (QED) is 0.581. The van der Waals surface area contributed by atoms with E-state index in [2.05, 4.69) is 10.0 Å². The van der Waals surface area contributed by atoms with Crippen molar-refractivity contribution in [3.63, 3.8) is 0 Å². The first-order valence-corrected chi connectivity index (χ1v) is 6.93. The molecule has 0 aromatic carbocycles. The molecule has 0 spiro atoms.